The molecule has 0 aliphatic rings. The fraction of sp³-hybridized carbons (Fsp3) is 0.154. The van der Waals surface area contributed by atoms with Gasteiger partial charge in [-0.05, 0) is 23.6 Å². The number of thiophene rings is 1. The normalized spacial score (nSPS) is 10.6. The van der Waals surface area contributed by atoms with Gasteiger partial charge in [0.2, 0.25) is 0 Å². The molecular weight excluding hydrogens is 276 g/mol. The molecule has 6 nitrogen and oxygen atoms in total. The third-order valence-electron chi connectivity index (χ3n) is 2.77. The van der Waals surface area contributed by atoms with Crippen molar-refractivity contribution < 1.29 is 9.21 Å². The second-order valence-corrected chi connectivity index (χ2v) is 5.21. The van der Waals surface area contributed by atoms with Crippen LogP contribution in [0.15, 0.2) is 46.5 Å². The summed E-state index contributed by atoms with van der Waals surface area (Å²) in [6.45, 7) is 0.917. The maximum absolute atomic E-state index is 12.4. The summed E-state index contributed by atoms with van der Waals surface area (Å²) in [5, 5.41) is 12.0. The molecule has 0 radical (unpaired) electrons. The zero-order chi connectivity index (χ0) is 13.8. The maximum Gasteiger partial charge on any atom is 0.276 e. The summed E-state index contributed by atoms with van der Waals surface area (Å²) in [6, 6.07) is 7.61. The third kappa shape index (κ3) is 2.77. The number of H-pyrrole nitrogens is 1. The summed E-state index contributed by atoms with van der Waals surface area (Å²) in [4.78, 5) is 15.2. The molecule has 0 aromatic carbocycles. The molecule has 0 spiro atoms. The number of carbonyl (C=O) groups is 1. The highest BCUT2D eigenvalue weighted by molar-refractivity contribution is 7.09. The van der Waals surface area contributed by atoms with Crippen LogP contribution in [-0.4, -0.2) is 26.2 Å². The van der Waals surface area contributed by atoms with Crippen LogP contribution in [0.5, 0.6) is 0 Å². The number of hydrogen-bond acceptors (Lipinski definition) is 5. The van der Waals surface area contributed by atoms with Crippen LogP contribution < -0.4 is 0 Å². The van der Waals surface area contributed by atoms with Gasteiger partial charge in [-0.1, -0.05) is 6.07 Å². The number of nitrogens with one attached hydrogen (secondary N) is 1. The highest BCUT2D eigenvalue weighted by atomic mass is 32.1. The first-order chi connectivity index (χ1) is 9.83. The van der Waals surface area contributed by atoms with E-state index in [-0.39, 0.29) is 5.91 Å². The van der Waals surface area contributed by atoms with Gasteiger partial charge in [0, 0.05) is 4.88 Å². The standard InChI is InChI=1S/C13H12N4O2S/c18-13(12-7-14-16-15-12)17(8-10-3-1-5-19-10)9-11-4-2-6-20-11/h1-7H,8-9H2,(H,14,15,16). The van der Waals surface area contributed by atoms with Gasteiger partial charge in [-0.15, -0.1) is 11.3 Å². The molecule has 3 aromatic rings. The Morgan fingerprint density at radius 3 is 2.95 bits per heavy atom. The van der Waals surface area contributed by atoms with Gasteiger partial charge in [0.25, 0.3) is 5.91 Å². The van der Waals surface area contributed by atoms with E-state index >= 15 is 0 Å². The van der Waals surface area contributed by atoms with Crippen LogP contribution in [0.25, 0.3) is 0 Å². The van der Waals surface area contributed by atoms with Gasteiger partial charge in [-0.25, -0.2) is 0 Å². The quantitative estimate of drug-likeness (QED) is 0.781. The number of aromatic nitrogens is 3. The predicted octanol–water partition coefficient (Wildman–Crippen LogP) is 2.30. The first kappa shape index (κ1) is 12.6. The Morgan fingerprint density at radius 1 is 1.35 bits per heavy atom. The number of furan rings is 1. The van der Waals surface area contributed by atoms with Crippen LogP contribution >= 0.6 is 11.3 Å². The lowest BCUT2D eigenvalue weighted by molar-refractivity contribution is 0.0713. The van der Waals surface area contributed by atoms with Crippen molar-refractivity contribution in [2.75, 3.05) is 0 Å². The Balaban J connectivity index is 1.81. The Kier molecular flexibility index (Phi) is 3.60. The third-order valence-corrected chi connectivity index (χ3v) is 3.64. The lowest BCUT2D eigenvalue weighted by atomic mass is 10.3. The Morgan fingerprint density at radius 2 is 2.30 bits per heavy atom. The molecule has 1 N–H and O–H groups in total. The minimum absolute atomic E-state index is 0.177. The monoisotopic (exact) mass is 288 g/mol. The van der Waals surface area contributed by atoms with Crippen LogP contribution in [0.3, 0.4) is 0 Å². The number of hydrogen-bond donors (Lipinski definition) is 1. The number of rotatable bonds is 5. The molecule has 3 heterocycles. The molecule has 0 atom stereocenters. The number of carbonyl (C=O) groups excluding carboxylic acids is 1. The Labute approximate surface area is 119 Å². The average Bonchev–Trinajstić information content (AvgIpc) is 3.20. The van der Waals surface area contributed by atoms with Crippen molar-refractivity contribution in [1.82, 2.24) is 20.3 Å². The van der Waals surface area contributed by atoms with Gasteiger partial charge in [-0.2, -0.15) is 15.4 Å². The first-order valence-corrected chi connectivity index (χ1v) is 6.90. The number of aromatic amines is 1. The highest BCUT2D eigenvalue weighted by Gasteiger charge is 2.20. The summed E-state index contributed by atoms with van der Waals surface area (Å²) >= 11 is 1.61. The molecule has 3 rings (SSSR count). The largest absolute Gasteiger partial charge is 0.467 e. The van der Waals surface area contributed by atoms with Crippen LogP contribution in [0.4, 0.5) is 0 Å². The molecule has 1 amide bonds. The predicted molar refractivity (Wildman–Crippen MR) is 73.0 cm³/mol. The average molecular weight is 288 g/mol. The molecule has 0 saturated carbocycles. The lowest BCUT2D eigenvalue weighted by Crippen LogP contribution is -2.30. The molecule has 0 bridgehead atoms. The van der Waals surface area contributed by atoms with E-state index in [0.29, 0.717) is 18.8 Å². The van der Waals surface area contributed by atoms with Gasteiger partial charge in [0.05, 0.1) is 25.5 Å². The van der Waals surface area contributed by atoms with E-state index in [4.69, 9.17) is 4.42 Å². The smallest absolute Gasteiger partial charge is 0.276 e. The van der Waals surface area contributed by atoms with Crippen LogP contribution in [0.1, 0.15) is 21.1 Å². The first-order valence-electron chi connectivity index (χ1n) is 6.03. The molecule has 102 valence electrons. The van der Waals surface area contributed by atoms with Gasteiger partial charge in [-0.3, -0.25) is 4.79 Å². The number of amides is 1. The summed E-state index contributed by atoms with van der Waals surface area (Å²) < 4.78 is 5.32. The maximum atomic E-state index is 12.4. The minimum atomic E-state index is -0.177. The number of nitrogens with zero attached hydrogens (tertiary/aromatic N) is 3. The van der Waals surface area contributed by atoms with Crippen LogP contribution in [0, 0.1) is 0 Å². The lowest BCUT2D eigenvalue weighted by Gasteiger charge is -2.19. The fourth-order valence-corrected chi connectivity index (χ4v) is 2.57. The SMILES string of the molecule is O=C(c1cn[nH]n1)N(Cc1ccco1)Cc1cccs1. The summed E-state index contributed by atoms with van der Waals surface area (Å²) in [5.74, 6) is 0.557. The van der Waals surface area contributed by atoms with Crippen LogP contribution in [-0.2, 0) is 13.1 Å². The second kappa shape index (κ2) is 5.70. The molecule has 0 unspecified atom stereocenters. The van der Waals surface area contributed by atoms with Crippen molar-refractivity contribution in [3.05, 3.63) is 58.4 Å². The van der Waals surface area contributed by atoms with Crippen molar-refractivity contribution in [2.45, 2.75) is 13.1 Å². The zero-order valence-corrected chi connectivity index (χ0v) is 11.3. The van der Waals surface area contributed by atoms with Gasteiger partial charge in [0.15, 0.2) is 5.69 Å². The molecule has 0 saturated heterocycles. The molecular formula is C13H12N4O2S. The van der Waals surface area contributed by atoms with E-state index in [1.165, 1.54) is 6.20 Å². The van der Waals surface area contributed by atoms with E-state index < -0.39 is 0 Å². The van der Waals surface area contributed by atoms with Crippen molar-refractivity contribution >= 4 is 17.2 Å². The minimum Gasteiger partial charge on any atom is -0.467 e. The van der Waals surface area contributed by atoms with Gasteiger partial charge in [0.1, 0.15) is 5.76 Å². The highest BCUT2D eigenvalue weighted by Crippen LogP contribution is 2.16. The Hall–Kier alpha value is -2.41. The molecule has 3 aromatic heterocycles. The molecule has 20 heavy (non-hydrogen) atoms. The van der Waals surface area contributed by atoms with Gasteiger partial charge < -0.3 is 9.32 Å². The van der Waals surface area contributed by atoms with E-state index in [1.807, 2.05) is 23.6 Å². The summed E-state index contributed by atoms with van der Waals surface area (Å²) in [5.41, 5.74) is 0.299. The molecule has 0 fully saturated rings. The zero-order valence-electron chi connectivity index (χ0n) is 10.5. The topological polar surface area (TPSA) is 75.0 Å². The summed E-state index contributed by atoms with van der Waals surface area (Å²) in [7, 11) is 0. The van der Waals surface area contributed by atoms with E-state index in [0.717, 1.165) is 10.6 Å². The van der Waals surface area contributed by atoms with Gasteiger partial charge >= 0.3 is 0 Å². The Bertz CT molecular complexity index is 610. The second-order valence-electron chi connectivity index (χ2n) is 4.18. The van der Waals surface area contributed by atoms with Crippen LogP contribution in [0.2, 0.25) is 0 Å². The van der Waals surface area contributed by atoms with Crippen molar-refractivity contribution in [2.24, 2.45) is 0 Å². The van der Waals surface area contributed by atoms with Crippen molar-refractivity contribution in [3.63, 3.8) is 0 Å². The molecule has 7 heteroatoms. The van der Waals surface area contributed by atoms with Crippen molar-refractivity contribution in [3.8, 4) is 0 Å². The molecule has 0 aliphatic carbocycles. The van der Waals surface area contributed by atoms with E-state index in [9.17, 15) is 4.79 Å². The van der Waals surface area contributed by atoms with E-state index in [2.05, 4.69) is 15.4 Å². The molecule has 0 aliphatic heterocycles. The van der Waals surface area contributed by atoms with E-state index in [1.54, 1.807) is 28.6 Å². The fourth-order valence-electron chi connectivity index (χ4n) is 1.85. The summed E-state index contributed by atoms with van der Waals surface area (Å²) in [6.07, 6.45) is 3.02. The van der Waals surface area contributed by atoms with Crippen molar-refractivity contribution in [1.29, 1.82) is 0 Å².